The van der Waals surface area contributed by atoms with Crippen LogP contribution < -0.4 is 10.1 Å². The van der Waals surface area contributed by atoms with Gasteiger partial charge in [-0.05, 0) is 54.4 Å². The van der Waals surface area contributed by atoms with Crippen LogP contribution in [0.2, 0.25) is 0 Å². The number of fused-ring (bicyclic) bond motifs is 1. The second kappa shape index (κ2) is 7.34. The molecule has 0 saturated carbocycles. The van der Waals surface area contributed by atoms with Gasteiger partial charge in [0.2, 0.25) is 5.91 Å². The minimum atomic E-state index is -0.238. The Balaban J connectivity index is 1.76. The molecule has 1 aromatic heterocycles. The highest BCUT2D eigenvalue weighted by atomic mass is 16.5. The van der Waals surface area contributed by atoms with Gasteiger partial charge < -0.3 is 10.1 Å². The summed E-state index contributed by atoms with van der Waals surface area (Å²) in [6, 6.07) is 17.6. The Morgan fingerprint density at radius 3 is 2.52 bits per heavy atom. The van der Waals surface area contributed by atoms with Crippen molar-refractivity contribution in [2.75, 3.05) is 7.11 Å². The lowest BCUT2D eigenvalue weighted by molar-refractivity contribution is -0.122. The molecule has 1 N–H and O–H groups in total. The van der Waals surface area contributed by atoms with Crippen molar-refractivity contribution in [2.24, 2.45) is 0 Å². The first-order chi connectivity index (χ1) is 12.1. The van der Waals surface area contributed by atoms with Gasteiger partial charge in [0.05, 0.1) is 24.8 Å². The van der Waals surface area contributed by atoms with Crippen molar-refractivity contribution in [3.8, 4) is 5.75 Å². The van der Waals surface area contributed by atoms with E-state index in [2.05, 4.69) is 16.4 Å². The van der Waals surface area contributed by atoms with E-state index in [9.17, 15) is 4.79 Å². The Morgan fingerprint density at radius 2 is 1.80 bits per heavy atom. The van der Waals surface area contributed by atoms with Crippen molar-refractivity contribution in [3.63, 3.8) is 0 Å². The number of methoxy groups -OCH3 is 1. The fourth-order valence-electron chi connectivity index (χ4n) is 2.83. The molecule has 2 atom stereocenters. The van der Waals surface area contributed by atoms with Crippen molar-refractivity contribution in [1.82, 2.24) is 10.3 Å². The van der Waals surface area contributed by atoms with Crippen molar-refractivity contribution >= 4 is 16.7 Å². The third kappa shape index (κ3) is 3.79. The number of rotatable bonds is 5. The standard InChI is InChI=1S/C21H22N2O2/c1-14(21(24)23-15(2)20-6-4-5-11-22-20)16-7-8-18-13-19(25-3)10-9-17(18)12-16/h4-15H,1-3H3,(H,23,24)/t14-,15-/m1/s1. The maximum atomic E-state index is 12.6. The van der Waals surface area contributed by atoms with Gasteiger partial charge in [0.1, 0.15) is 5.75 Å². The number of amides is 1. The van der Waals surface area contributed by atoms with Crippen LogP contribution in [-0.4, -0.2) is 18.0 Å². The number of hydrogen-bond acceptors (Lipinski definition) is 3. The Bertz CT molecular complexity index is 877. The van der Waals surface area contributed by atoms with E-state index in [0.717, 1.165) is 27.8 Å². The molecule has 128 valence electrons. The molecule has 0 spiro atoms. The summed E-state index contributed by atoms with van der Waals surface area (Å²) in [5.41, 5.74) is 1.84. The lowest BCUT2D eigenvalue weighted by atomic mass is 9.96. The number of carbonyl (C=O) groups excluding carboxylic acids is 1. The molecule has 3 aromatic rings. The van der Waals surface area contributed by atoms with Crippen LogP contribution in [0.1, 0.15) is 37.1 Å². The van der Waals surface area contributed by atoms with E-state index in [1.165, 1.54) is 0 Å². The van der Waals surface area contributed by atoms with E-state index in [1.807, 2.05) is 62.4 Å². The largest absolute Gasteiger partial charge is 0.497 e. The van der Waals surface area contributed by atoms with Crippen LogP contribution in [-0.2, 0) is 4.79 Å². The number of hydrogen-bond donors (Lipinski definition) is 1. The minimum Gasteiger partial charge on any atom is -0.497 e. The molecule has 0 aliphatic carbocycles. The van der Waals surface area contributed by atoms with Crippen LogP contribution in [0.3, 0.4) is 0 Å². The quantitative estimate of drug-likeness (QED) is 0.760. The van der Waals surface area contributed by atoms with Gasteiger partial charge in [-0.1, -0.05) is 30.3 Å². The van der Waals surface area contributed by atoms with Gasteiger partial charge in [-0.3, -0.25) is 9.78 Å². The Hall–Kier alpha value is -2.88. The molecule has 0 radical (unpaired) electrons. The summed E-state index contributed by atoms with van der Waals surface area (Å²) in [5.74, 6) is 0.582. The van der Waals surface area contributed by atoms with Gasteiger partial charge >= 0.3 is 0 Å². The Labute approximate surface area is 147 Å². The van der Waals surface area contributed by atoms with E-state index in [1.54, 1.807) is 13.3 Å². The molecule has 0 aliphatic rings. The smallest absolute Gasteiger partial charge is 0.227 e. The zero-order valence-corrected chi connectivity index (χ0v) is 14.7. The molecular formula is C21H22N2O2. The zero-order chi connectivity index (χ0) is 17.8. The number of benzene rings is 2. The first kappa shape index (κ1) is 17.0. The fraction of sp³-hybridized carbons (Fsp3) is 0.238. The van der Waals surface area contributed by atoms with E-state index in [4.69, 9.17) is 4.74 Å². The van der Waals surface area contributed by atoms with Crippen molar-refractivity contribution in [1.29, 1.82) is 0 Å². The lowest BCUT2D eigenvalue weighted by Crippen LogP contribution is -2.30. The fourth-order valence-corrected chi connectivity index (χ4v) is 2.83. The summed E-state index contributed by atoms with van der Waals surface area (Å²) in [5, 5.41) is 5.23. The maximum Gasteiger partial charge on any atom is 0.227 e. The highest BCUT2D eigenvalue weighted by Crippen LogP contribution is 2.25. The van der Waals surface area contributed by atoms with Crippen molar-refractivity contribution in [2.45, 2.75) is 25.8 Å². The summed E-state index contributed by atoms with van der Waals surface area (Å²) < 4.78 is 5.25. The number of nitrogens with one attached hydrogen (secondary N) is 1. The molecule has 2 aromatic carbocycles. The second-order valence-corrected chi connectivity index (χ2v) is 6.18. The summed E-state index contributed by atoms with van der Waals surface area (Å²) in [6.07, 6.45) is 1.74. The van der Waals surface area contributed by atoms with Crippen molar-refractivity contribution in [3.05, 3.63) is 72.1 Å². The summed E-state index contributed by atoms with van der Waals surface area (Å²) in [6.45, 7) is 3.87. The first-order valence-electron chi connectivity index (χ1n) is 8.37. The first-order valence-corrected chi connectivity index (χ1v) is 8.37. The molecule has 0 aliphatic heterocycles. The van der Waals surface area contributed by atoms with E-state index >= 15 is 0 Å². The van der Waals surface area contributed by atoms with Gasteiger partial charge in [-0.15, -0.1) is 0 Å². The number of nitrogens with zero attached hydrogens (tertiary/aromatic N) is 1. The molecule has 25 heavy (non-hydrogen) atoms. The molecule has 0 fully saturated rings. The monoisotopic (exact) mass is 334 g/mol. The molecule has 4 heteroatoms. The molecule has 0 bridgehead atoms. The molecule has 3 rings (SSSR count). The SMILES string of the molecule is COc1ccc2cc([C@@H](C)C(=O)N[C@H](C)c3ccccn3)ccc2c1. The zero-order valence-electron chi connectivity index (χ0n) is 14.7. The van der Waals surface area contributed by atoms with Gasteiger partial charge in [0, 0.05) is 6.20 Å². The van der Waals surface area contributed by atoms with Crippen molar-refractivity contribution < 1.29 is 9.53 Å². The number of ether oxygens (including phenoxy) is 1. The van der Waals surface area contributed by atoms with Gasteiger partial charge in [0.25, 0.3) is 0 Å². The van der Waals surface area contributed by atoms with Crippen LogP contribution in [0.5, 0.6) is 5.75 Å². The number of pyridine rings is 1. The van der Waals surface area contributed by atoms with E-state index in [-0.39, 0.29) is 17.9 Å². The van der Waals surface area contributed by atoms with Crippen LogP contribution in [0.4, 0.5) is 0 Å². The highest BCUT2D eigenvalue weighted by molar-refractivity contribution is 5.88. The average Bonchev–Trinajstić information content (AvgIpc) is 2.67. The molecule has 1 amide bonds. The second-order valence-electron chi connectivity index (χ2n) is 6.18. The molecule has 0 unspecified atom stereocenters. The summed E-state index contributed by atoms with van der Waals surface area (Å²) in [7, 11) is 1.66. The van der Waals surface area contributed by atoms with Crippen LogP contribution in [0, 0.1) is 0 Å². The van der Waals surface area contributed by atoms with Crippen LogP contribution in [0.15, 0.2) is 60.8 Å². The Morgan fingerprint density at radius 1 is 1.04 bits per heavy atom. The van der Waals surface area contributed by atoms with E-state index in [0.29, 0.717) is 0 Å². The molecule has 0 saturated heterocycles. The van der Waals surface area contributed by atoms with E-state index < -0.39 is 0 Å². The third-order valence-electron chi connectivity index (χ3n) is 4.45. The number of aromatic nitrogens is 1. The lowest BCUT2D eigenvalue weighted by Gasteiger charge is -2.18. The van der Waals surface area contributed by atoms with Crippen LogP contribution in [0.25, 0.3) is 10.8 Å². The molecule has 1 heterocycles. The third-order valence-corrected chi connectivity index (χ3v) is 4.45. The summed E-state index contributed by atoms with van der Waals surface area (Å²) in [4.78, 5) is 16.9. The number of carbonyl (C=O) groups is 1. The van der Waals surface area contributed by atoms with Gasteiger partial charge in [-0.2, -0.15) is 0 Å². The maximum absolute atomic E-state index is 12.6. The average molecular weight is 334 g/mol. The Kier molecular flexibility index (Phi) is 4.98. The topological polar surface area (TPSA) is 51.2 Å². The highest BCUT2D eigenvalue weighted by Gasteiger charge is 2.18. The van der Waals surface area contributed by atoms with Crippen LogP contribution >= 0.6 is 0 Å². The predicted molar refractivity (Wildman–Crippen MR) is 99.7 cm³/mol. The van der Waals surface area contributed by atoms with Gasteiger partial charge in [-0.25, -0.2) is 0 Å². The summed E-state index contributed by atoms with van der Waals surface area (Å²) >= 11 is 0. The molecular weight excluding hydrogens is 312 g/mol. The minimum absolute atomic E-state index is 0.00832. The predicted octanol–water partition coefficient (Wildman–Crippen LogP) is 4.22. The van der Waals surface area contributed by atoms with Gasteiger partial charge in [0.15, 0.2) is 0 Å². The molecule has 4 nitrogen and oxygen atoms in total. The normalized spacial score (nSPS) is 13.2.